The van der Waals surface area contributed by atoms with Gasteiger partial charge < -0.3 is 9.47 Å². The number of hydrogen-bond donors (Lipinski definition) is 1. The molecule has 0 saturated carbocycles. The second kappa shape index (κ2) is 8.16. The number of nitrogens with one attached hydrogen (secondary N) is 1. The van der Waals surface area contributed by atoms with Crippen LogP contribution < -0.4 is 14.2 Å². The van der Waals surface area contributed by atoms with Crippen LogP contribution in [0.5, 0.6) is 11.5 Å². The maximum Gasteiger partial charge on any atom is 0.229 e. The highest BCUT2D eigenvalue weighted by Crippen LogP contribution is 2.42. The minimum absolute atomic E-state index is 0.445. The zero-order chi connectivity index (χ0) is 21.3. The third kappa shape index (κ3) is 4.37. The minimum atomic E-state index is -3.35. The lowest BCUT2D eigenvalue weighted by Gasteiger charge is -2.14. The van der Waals surface area contributed by atoms with Crippen LogP contribution in [-0.4, -0.2) is 21.8 Å². The fourth-order valence-corrected chi connectivity index (χ4v) is 4.52. The third-order valence-electron chi connectivity index (χ3n) is 4.74. The van der Waals surface area contributed by atoms with Gasteiger partial charge in [-0.25, -0.2) is 8.42 Å². The van der Waals surface area contributed by atoms with Crippen LogP contribution in [0.1, 0.15) is 22.3 Å². The van der Waals surface area contributed by atoms with Crippen molar-refractivity contribution in [3.8, 4) is 11.5 Å². The van der Waals surface area contributed by atoms with Crippen molar-refractivity contribution < 1.29 is 17.9 Å². The van der Waals surface area contributed by atoms with Crippen molar-refractivity contribution in [2.75, 3.05) is 18.1 Å². The van der Waals surface area contributed by atoms with Crippen LogP contribution in [0.25, 0.3) is 11.6 Å². The highest BCUT2D eigenvalue weighted by Gasteiger charge is 2.21. The van der Waals surface area contributed by atoms with Crippen molar-refractivity contribution in [3.63, 3.8) is 0 Å². The number of methoxy groups -OCH3 is 1. The molecule has 0 aliphatic carbocycles. The molecule has 0 fully saturated rings. The van der Waals surface area contributed by atoms with Gasteiger partial charge in [0.05, 0.1) is 17.8 Å². The standard InChI is InChI=1S/C23H20BrNO4S/c1-28-23-13-22-20(12-21(23)24)19(18-9-4-3-7-16(18)14-29-22)11-15-6-5-8-17(10-15)25-30(2,26)27/h3-13,25H,14H2,1-2H3. The van der Waals surface area contributed by atoms with Crippen molar-refractivity contribution in [3.05, 3.63) is 87.4 Å². The van der Waals surface area contributed by atoms with Gasteiger partial charge in [0.1, 0.15) is 18.1 Å². The summed E-state index contributed by atoms with van der Waals surface area (Å²) in [7, 11) is -1.73. The summed E-state index contributed by atoms with van der Waals surface area (Å²) in [6.07, 6.45) is 3.18. The molecule has 5 nitrogen and oxygen atoms in total. The van der Waals surface area contributed by atoms with Crippen molar-refractivity contribution in [1.82, 2.24) is 0 Å². The molecule has 1 heterocycles. The summed E-state index contributed by atoms with van der Waals surface area (Å²) >= 11 is 3.57. The zero-order valence-corrected chi connectivity index (χ0v) is 18.9. The van der Waals surface area contributed by atoms with Gasteiger partial charge in [0, 0.05) is 17.3 Å². The molecule has 1 aliphatic rings. The number of benzene rings is 3. The predicted molar refractivity (Wildman–Crippen MR) is 123 cm³/mol. The van der Waals surface area contributed by atoms with Crippen molar-refractivity contribution in [2.45, 2.75) is 6.61 Å². The Morgan fingerprint density at radius 2 is 1.87 bits per heavy atom. The molecule has 0 spiro atoms. The molecule has 30 heavy (non-hydrogen) atoms. The van der Waals surface area contributed by atoms with E-state index in [1.54, 1.807) is 19.2 Å². The Labute approximate surface area is 184 Å². The molecular formula is C23H20BrNO4S. The first-order chi connectivity index (χ1) is 14.3. The molecule has 0 saturated heterocycles. The monoisotopic (exact) mass is 485 g/mol. The highest BCUT2D eigenvalue weighted by molar-refractivity contribution is 9.10. The lowest BCUT2D eigenvalue weighted by atomic mass is 9.92. The molecule has 7 heteroatoms. The van der Waals surface area contributed by atoms with Crippen LogP contribution in [0.4, 0.5) is 5.69 Å². The Morgan fingerprint density at radius 3 is 2.63 bits per heavy atom. The molecule has 0 atom stereocenters. The first-order valence-electron chi connectivity index (χ1n) is 9.22. The van der Waals surface area contributed by atoms with E-state index in [0.29, 0.717) is 18.0 Å². The van der Waals surface area contributed by atoms with Crippen molar-refractivity contribution in [1.29, 1.82) is 0 Å². The van der Waals surface area contributed by atoms with Crippen LogP contribution in [0.15, 0.2) is 65.1 Å². The van der Waals surface area contributed by atoms with Gasteiger partial charge >= 0.3 is 0 Å². The Balaban J connectivity index is 1.90. The Hall–Kier alpha value is -2.77. The SMILES string of the molecule is COc1cc2c(cc1Br)C(=Cc1cccc(NS(C)(=O)=O)c1)c1ccccc1CO2. The molecule has 154 valence electrons. The number of ether oxygens (including phenoxy) is 2. The lowest BCUT2D eigenvalue weighted by molar-refractivity contribution is 0.304. The molecule has 0 radical (unpaired) electrons. The van der Waals surface area contributed by atoms with Gasteiger partial charge in [-0.05, 0) is 62.5 Å². The summed E-state index contributed by atoms with van der Waals surface area (Å²) in [5.74, 6) is 1.42. The van der Waals surface area contributed by atoms with Crippen molar-refractivity contribution >= 4 is 43.3 Å². The second-order valence-electron chi connectivity index (χ2n) is 6.99. The van der Waals surface area contributed by atoms with Crippen LogP contribution in [-0.2, 0) is 16.6 Å². The second-order valence-corrected chi connectivity index (χ2v) is 9.59. The summed E-state index contributed by atoms with van der Waals surface area (Å²) < 4.78 is 38.1. The van der Waals surface area contributed by atoms with Gasteiger partial charge in [-0.2, -0.15) is 0 Å². The minimum Gasteiger partial charge on any atom is -0.495 e. The molecule has 0 unspecified atom stereocenters. The van der Waals surface area contributed by atoms with E-state index in [9.17, 15) is 8.42 Å². The molecule has 0 bridgehead atoms. The molecule has 4 rings (SSSR count). The molecule has 3 aromatic carbocycles. The number of rotatable bonds is 4. The number of halogens is 1. The van der Waals surface area contributed by atoms with Crippen LogP contribution in [0.3, 0.4) is 0 Å². The van der Waals surface area contributed by atoms with Gasteiger partial charge in [0.2, 0.25) is 10.0 Å². The fourth-order valence-electron chi connectivity index (χ4n) is 3.46. The number of sulfonamides is 1. The van der Waals surface area contributed by atoms with Gasteiger partial charge in [0.15, 0.2) is 0 Å². The molecule has 0 aromatic heterocycles. The molecule has 1 N–H and O–H groups in total. The summed E-state index contributed by atoms with van der Waals surface area (Å²) in [5.41, 5.74) is 5.43. The van der Waals surface area contributed by atoms with E-state index in [-0.39, 0.29) is 0 Å². The summed E-state index contributed by atoms with van der Waals surface area (Å²) in [6, 6.07) is 19.3. The highest BCUT2D eigenvalue weighted by atomic mass is 79.9. The zero-order valence-electron chi connectivity index (χ0n) is 16.5. The summed E-state index contributed by atoms with van der Waals surface area (Å²) in [6.45, 7) is 0.445. The maximum atomic E-state index is 11.6. The molecule has 3 aromatic rings. The van der Waals surface area contributed by atoms with E-state index in [2.05, 4.69) is 26.7 Å². The van der Waals surface area contributed by atoms with Crippen LogP contribution in [0, 0.1) is 0 Å². The Bertz CT molecular complexity index is 1250. The number of anilines is 1. The summed E-state index contributed by atoms with van der Waals surface area (Å²) in [4.78, 5) is 0. The van der Waals surface area contributed by atoms with Gasteiger partial charge in [-0.1, -0.05) is 36.4 Å². The number of hydrogen-bond acceptors (Lipinski definition) is 4. The summed E-state index contributed by atoms with van der Waals surface area (Å²) in [5, 5.41) is 0. The van der Waals surface area contributed by atoms with E-state index in [0.717, 1.165) is 44.3 Å². The fraction of sp³-hybridized carbons (Fsp3) is 0.130. The van der Waals surface area contributed by atoms with Crippen molar-refractivity contribution in [2.24, 2.45) is 0 Å². The Kier molecular flexibility index (Phi) is 5.58. The van der Waals surface area contributed by atoms with E-state index < -0.39 is 10.0 Å². The van der Waals surface area contributed by atoms with E-state index in [1.165, 1.54) is 0 Å². The normalized spacial score (nSPS) is 14.3. The van der Waals surface area contributed by atoms with Gasteiger partial charge in [-0.3, -0.25) is 4.72 Å². The predicted octanol–water partition coefficient (Wildman–Crippen LogP) is 5.31. The quantitative estimate of drug-likeness (QED) is 0.543. The topological polar surface area (TPSA) is 64.6 Å². The van der Waals surface area contributed by atoms with Crippen LogP contribution in [0.2, 0.25) is 0 Å². The van der Waals surface area contributed by atoms with E-state index in [1.807, 2.05) is 48.5 Å². The average Bonchev–Trinajstić information content (AvgIpc) is 2.84. The lowest BCUT2D eigenvalue weighted by Crippen LogP contribution is -2.09. The van der Waals surface area contributed by atoms with Gasteiger partial charge in [0.25, 0.3) is 0 Å². The molecule has 0 amide bonds. The molecule has 1 aliphatic heterocycles. The van der Waals surface area contributed by atoms with Crippen LogP contribution >= 0.6 is 15.9 Å². The van der Waals surface area contributed by atoms with Gasteiger partial charge in [-0.15, -0.1) is 0 Å². The third-order valence-corrected chi connectivity index (χ3v) is 5.96. The largest absolute Gasteiger partial charge is 0.495 e. The maximum absolute atomic E-state index is 11.6. The molecular weight excluding hydrogens is 466 g/mol. The Morgan fingerprint density at radius 1 is 1.07 bits per heavy atom. The average molecular weight is 486 g/mol. The first kappa shape index (κ1) is 20.5. The van der Waals surface area contributed by atoms with E-state index >= 15 is 0 Å². The van der Waals surface area contributed by atoms with E-state index in [4.69, 9.17) is 9.47 Å². The smallest absolute Gasteiger partial charge is 0.229 e. The first-order valence-corrected chi connectivity index (χ1v) is 11.9. The number of fused-ring (bicyclic) bond motifs is 2.